The molecule has 0 spiro atoms. The largest absolute Gasteiger partial charge is 0.478 e. The maximum atomic E-state index is 14.1. The van der Waals surface area contributed by atoms with Crippen LogP contribution in [0.1, 0.15) is 41.4 Å². The van der Waals surface area contributed by atoms with Crippen LogP contribution in [0.5, 0.6) is 23.0 Å². The molecular weight excluding hydrogens is 560 g/mol. The van der Waals surface area contributed by atoms with Gasteiger partial charge >= 0.3 is 23.9 Å². The van der Waals surface area contributed by atoms with Crippen molar-refractivity contribution >= 4 is 33.7 Å². The van der Waals surface area contributed by atoms with E-state index in [0.717, 1.165) is 24.3 Å². The molecule has 0 heterocycles. The van der Waals surface area contributed by atoms with Crippen molar-refractivity contribution in [1.82, 2.24) is 0 Å². The van der Waals surface area contributed by atoms with E-state index >= 15 is 0 Å². The summed E-state index contributed by atoms with van der Waals surface area (Å²) in [6, 6.07) is 17.7. The standard InChI is InChI=1S/C28H18O12S/c29-25(30)17-11-13-19(23(21(17)27(33)34)39-15-7-3-1-4-8-15)41(37,38)20-14-12-18(26(31)32)22(28(35)36)24(20)40-16-9-5-2-6-10-16/h1-14H,(H,29,30)(H,31,32)(H,33,34)(H,35,36). The molecule has 0 bridgehead atoms. The molecule has 0 radical (unpaired) electrons. The van der Waals surface area contributed by atoms with Gasteiger partial charge in [-0.1, -0.05) is 36.4 Å². The van der Waals surface area contributed by atoms with Crippen molar-refractivity contribution in [1.29, 1.82) is 0 Å². The van der Waals surface area contributed by atoms with Gasteiger partial charge in [-0.05, 0) is 48.5 Å². The second kappa shape index (κ2) is 11.2. The summed E-state index contributed by atoms with van der Waals surface area (Å²) in [6.07, 6.45) is 0. The lowest BCUT2D eigenvalue weighted by atomic mass is 10.1. The first-order valence-electron chi connectivity index (χ1n) is 11.4. The van der Waals surface area contributed by atoms with Crippen molar-refractivity contribution in [3.05, 3.63) is 107 Å². The fourth-order valence-corrected chi connectivity index (χ4v) is 5.37. The van der Waals surface area contributed by atoms with E-state index in [2.05, 4.69) is 0 Å². The summed E-state index contributed by atoms with van der Waals surface area (Å²) in [5.74, 6) is -8.82. The Bertz CT molecular complexity index is 1670. The Balaban J connectivity index is 2.08. The van der Waals surface area contributed by atoms with Crippen molar-refractivity contribution in [3.8, 4) is 23.0 Å². The maximum Gasteiger partial charge on any atom is 0.340 e. The Morgan fingerprint density at radius 2 is 0.829 bits per heavy atom. The van der Waals surface area contributed by atoms with Crippen molar-refractivity contribution in [3.63, 3.8) is 0 Å². The molecular formula is C28H18O12S. The van der Waals surface area contributed by atoms with Gasteiger partial charge in [-0.2, -0.15) is 0 Å². The molecule has 0 amide bonds. The van der Waals surface area contributed by atoms with Gasteiger partial charge in [0, 0.05) is 0 Å². The number of carbonyl (C=O) groups is 4. The zero-order valence-corrected chi connectivity index (χ0v) is 21.4. The van der Waals surface area contributed by atoms with Gasteiger partial charge in [0.1, 0.15) is 32.4 Å². The highest BCUT2D eigenvalue weighted by molar-refractivity contribution is 7.91. The monoisotopic (exact) mass is 578 g/mol. The number of hydrogen-bond donors (Lipinski definition) is 4. The number of carboxylic acid groups (broad SMARTS) is 4. The summed E-state index contributed by atoms with van der Waals surface area (Å²) in [4.78, 5) is 46.4. The third-order valence-electron chi connectivity index (χ3n) is 5.64. The minimum Gasteiger partial charge on any atom is -0.478 e. The molecule has 0 saturated heterocycles. The van der Waals surface area contributed by atoms with Crippen molar-refractivity contribution in [2.75, 3.05) is 0 Å². The fraction of sp³-hybridized carbons (Fsp3) is 0. The summed E-state index contributed by atoms with van der Waals surface area (Å²) in [5, 5.41) is 39.0. The van der Waals surface area contributed by atoms with Gasteiger partial charge in [-0.3, -0.25) is 0 Å². The third-order valence-corrected chi connectivity index (χ3v) is 7.44. The molecule has 4 aromatic carbocycles. The lowest BCUT2D eigenvalue weighted by Crippen LogP contribution is -2.16. The van der Waals surface area contributed by atoms with Crippen LogP contribution in [0.15, 0.2) is 94.7 Å². The third kappa shape index (κ3) is 5.55. The number of rotatable bonds is 10. The molecule has 0 atom stereocenters. The summed E-state index contributed by atoms with van der Waals surface area (Å²) in [5.41, 5.74) is -3.55. The van der Waals surface area contributed by atoms with Crippen molar-refractivity contribution in [2.45, 2.75) is 9.79 Å². The Labute approximate surface area is 231 Å². The number of para-hydroxylation sites is 2. The number of benzene rings is 4. The first kappa shape index (κ1) is 28.3. The van der Waals surface area contributed by atoms with Crippen LogP contribution in [0.4, 0.5) is 0 Å². The normalized spacial score (nSPS) is 10.9. The lowest BCUT2D eigenvalue weighted by molar-refractivity contribution is 0.0648. The van der Waals surface area contributed by atoms with Crippen molar-refractivity contribution < 1.29 is 57.5 Å². The quantitative estimate of drug-likeness (QED) is 0.199. The molecule has 0 fully saturated rings. The Morgan fingerprint density at radius 3 is 1.12 bits per heavy atom. The van der Waals surface area contributed by atoms with E-state index in [9.17, 15) is 48.0 Å². The molecule has 208 valence electrons. The molecule has 12 nitrogen and oxygen atoms in total. The van der Waals surface area contributed by atoms with E-state index in [-0.39, 0.29) is 11.5 Å². The minimum atomic E-state index is -5.00. The molecule has 4 aromatic rings. The minimum absolute atomic E-state index is 0.0396. The second-order valence-corrected chi connectivity index (χ2v) is 10.1. The second-order valence-electron chi connectivity index (χ2n) is 8.19. The van der Waals surface area contributed by atoms with Gasteiger partial charge in [-0.25, -0.2) is 27.6 Å². The first-order valence-corrected chi connectivity index (χ1v) is 12.9. The topological polar surface area (TPSA) is 202 Å². The highest BCUT2D eigenvalue weighted by atomic mass is 32.2. The molecule has 0 aromatic heterocycles. The van der Waals surface area contributed by atoms with E-state index < -0.39 is 77.3 Å². The smallest absolute Gasteiger partial charge is 0.340 e. The van der Waals surface area contributed by atoms with Gasteiger partial charge < -0.3 is 29.9 Å². The van der Waals surface area contributed by atoms with Gasteiger partial charge in [0.05, 0.1) is 11.1 Å². The number of sulfone groups is 1. The average molecular weight is 579 g/mol. The van der Waals surface area contributed by atoms with Crippen LogP contribution in [0.25, 0.3) is 0 Å². The molecule has 4 N–H and O–H groups in total. The van der Waals surface area contributed by atoms with Crippen LogP contribution in [-0.4, -0.2) is 52.7 Å². The zero-order chi connectivity index (χ0) is 29.9. The molecule has 13 heteroatoms. The predicted molar refractivity (Wildman–Crippen MR) is 139 cm³/mol. The van der Waals surface area contributed by atoms with E-state index in [1.54, 1.807) is 12.1 Å². The summed E-state index contributed by atoms with van der Waals surface area (Å²) < 4.78 is 39.5. The van der Waals surface area contributed by atoms with Crippen LogP contribution < -0.4 is 9.47 Å². The molecule has 0 unspecified atom stereocenters. The van der Waals surface area contributed by atoms with Gasteiger partial charge in [0.25, 0.3) is 0 Å². The van der Waals surface area contributed by atoms with E-state index in [0.29, 0.717) is 0 Å². The number of hydrogen-bond acceptors (Lipinski definition) is 8. The highest BCUT2D eigenvalue weighted by Gasteiger charge is 2.36. The van der Waals surface area contributed by atoms with Gasteiger partial charge in [0.2, 0.25) is 9.84 Å². The summed E-state index contributed by atoms with van der Waals surface area (Å²) in [6.45, 7) is 0. The van der Waals surface area contributed by atoms with Crippen molar-refractivity contribution in [2.24, 2.45) is 0 Å². The summed E-state index contributed by atoms with van der Waals surface area (Å²) >= 11 is 0. The Hall–Kier alpha value is -5.69. The van der Waals surface area contributed by atoms with Crippen LogP contribution in [0.2, 0.25) is 0 Å². The van der Waals surface area contributed by atoms with Crippen LogP contribution in [0, 0.1) is 0 Å². The fourth-order valence-electron chi connectivity index (χ4n) is 3.87. The number of aromatic carboxylic acids is 4. The van der Waals surface area contributed by atoms with Crippen LogP contribution in [0.3, 0.4) is 0 Å². The molecule has 0 aliphatic carbocycles. The molecule has 0 saturated carbocycles. The molecule has 4 rings (SSSR count). The van der Waals surface area contributed by atoms with E-state index in [4.69, 9.17) is 9.47 Å². The average Bonchev–Trinajstić information content (AvgIpc) is 2.93. The SMILES string of the molecule is O=C(O)c1ccc(S(=O)(=O)c2ccc(C(=O)O)c(C(=O)O)c2Oc2ccccc2)c(Oc2ccccc2)c1C(=O)O. The molecule has 0 aliphatic rings. The van der Waals surface area contributed by atoms with Gasteiger partial charge in [0.15, 0.2) is 11.5 Å². The first-order chi connectivity index (χ1) is 19.4. The van der Waals surface area contributed by atoms with Gasteiger partial charge in [-0.15, -0.1) is 0 Å². The molecule has 41 heavy (non-hydrogen) atoms. The molecule has 0 aliphatic heterocycles. The maximum absolute atomic E-state index is 14.1. The lowest BCUT2D eigenvalue weighted by Gasteiger charge is -2.19. The van der Waals surface area contributed by atoms with Crippen LogP contribution >= 0.6 is 0 Å². The zero-order valence-electron chi connectivity index (χ0n) is 20.5. The number of carboxylic acids is 4. The Morgan fingerprint density at radius 1 is 0.488 bits per heavy atom. The Kier molecular flexibility index (Phi) is 7.73. The summed E-state index contributed by atoms with van der Waals surface area (Å²) in [7, 11) is -5.00. The highest BCUT2D eigenvalue weighted by Crippen LogP contribution is 2.42. The number of ether oxygens (including phenoxy) is 2. The van der Waals surface area contributed by atoms with Crippen LogP contribution in [-0.2, 0) is 9.84 Å². The van der Waals surface area contributed by atoms with E-state index in [1.165, 1.54) is 48.5 Å². The predicted octanol–water partition coefficient (Wildman–Crippen LogP) is 4.90. The van der Waals surface area contributed by atoms with E-state index in [1.807, 2.05) is 0 Å².